The highest BCUT2D eigenvalue weighted by Crippen LogP contribution is 2.65. The zero-order valence-electron chi connectivity index (χ0n) is 37.3. The molecule has 0 amide bonds. The number of nitrogens with zero attached hydrogens (tertiary/aromatic N) is 1. The summed E-state index contributed by atoms with van der Waals surface area (Å²) in [4.78, 5) is 3.52. The Balaban J connectivity index is 0.828. The van der Waals surface area contributed by atoms with Crippen molar-refractivity contribution < 1.29 is 0 Å². The molecule has 11 rings (SSSR count). The van der Waals surface area contributed by atoms with Gasteiger partial charge in [0.05, 0.1) is 0 Å². The van der Waals surface area contributed by atoms with Gasteiger partial charge >= 0.3 is 0 Å². The van der Waals surface area contributed by atoms with Crippen LogP contribution in [0.2, 0.25) is 0 Å². The van der Waals surface area contributed by atoms with Gasteiger partial charge in [-0.25, -0.2) is 0 Å². The predicted molar refractivity (Wildman–Crippen MR) is 235 cm³/mol. The monoisotopic (exact) mass is 766 g/mol. The largest absolute Gasteiger partial charge is 0.294 e. The summed E-state index contributed by atoms with van der Waals surface area (Å²) in [5.41, 5.74) is 0.581. The minimum Gasteiger partial charge on any atom is -0.294 e. The highest BCUT2D eigenvalue weighted by Gasteiger charge is 2.59. The van der Waals surface area contributed by atoms with Crippen LogP contribution in [0.1, 0.15) is 226 Å². The van der Waals surface area contributed by atoms with Crippen LogP contribution in [0.5, 0.6) is 0 Å². The lowest BCUT2D eigenvalue weighted by Crippen LogP contribution is -2.57. The molecular formula is C55H91N. The molecule has 0 spiro atoms. The summed E-state index contributed by atoms with van der Waals surface area (Å²) < 4.78 is 0. The first-order valence-electron chi connectivity index (χ1n) is 27.3. The zero-order valence-corrected chi connectivity index (χ0v) is 37.3. The van der Waals surface area contributed by atoms with Gasteiger partial charge in [0.25, 0.3) is 0 Å². The van der Waals surface area contributed by atoms with E-state index in [1.165, 1.54) is 38.5 Å². The normalized spacial score (nSPS) is 51.2. The fraction of sp³-hybridized carbons (Fsp3) is 1.00. The highest BCUT2D eigenvalue weighted by molar-refractivity contribution is 5.10. The molecule has 0 N–H and O–H groups in total. The lowest BCUT2D eigenvalue weighted by molar-refractivity contribution is -0.0500. The van der Waals surface area contributed by atoms with Gasteiger partial charge < -0.3 is 0 Å². The van der Waals surface area contributed by atoms with E-state index in [0.717, 1.165) is 113 Å². The van der Waals surface area contributed by atoms with Gasteiger partial charge in [0.2, 0.25) is 0 Å². The van der Waals surface area contributed by atoms with E-state index in [9.17, 15) is 0 Å². The van der Waals surface area contributed by atoms with Crippen molar-refractivity contribution in [1.82, 2.24) is 4.90 Å². The maximum atomic E-state index is 3.52. The molecule has 0 aromatic rings. The summed E-state index contributed by atoms with van der Waals surface area (Å²) in [5.74, 6) is 17.4. The molecule has 0 bridgehead atoms. The SMILES string of the molecule is CC1(C)C2CCCCC2C2CCC(N(C3CCC(C4CCCCC4)CC3)C3CCCC4C3CC3CCCC(C5CCC6CC(C7CCCCC7)CC6C5)C34)CC21. The molecule has 1 nitrogen and oxygen atoms in total. The van der Waals surface area contributed by atoms with E-state index in [4.69, 9.17) is 0 Å². The van der Waals surface area contributed by atoms with Crippen LogP contribution in [-0.2, 0) is 0 Å². The third-order valence-corrected chi connectivity index (χ3v) is 23.1. The Morgan fingerprint density at radius 1 is 0.304 bits per heavy atom. The van der Waals surface area contributed by atoms with E-state index in [-0.39, 0.29) is 0 Å². The van der Waals surface area contributed by atoms with Crippen molar-refractivity contribution in [3.63, 3.8) is 0 Å². The summed E-state index contributed by atoms with van der Waals surface area (Å²) in [5, 5.41) is 0. The molecule has 0 radical (unpaired) electrons. The molecule has 11 fully saturated rings. The van der Waals surface area contributed by atoms with E-state index in [1.807, 2.05) is 0 Å². The molecule has 11 aliphatic rings. The summed E-state index contributed by atoms with van der Waals surface area (Å²) in [6.07, 6.45) is 52.3. The molecule has 15 atom stereocenters. The third-order valence-electron chi connectivity index (χ3n) is 23.1. The van der Waals surface area contributed by atoms with Gasteiger partial charge in [0.1, 0.15) is 0 Å². The van der Waals surface area contributed by atoms with Crippen LogP contribution in [0, 0.1) is 100 Å². The highest BCUT2D eigenvalue weighted by atomic mass is 15.2. The lowest BCUT2D eigenvalue weighted by Gasteiger charge is -2.54. The first-order chi connectivity index (χ1) is 27.5. The van der Waals surface area contributed by atoms with Crippen molar-refractivity contribution >= 4 is 0 Å². The Morgan fingerprint density at radius 2 is 0.839 bits per heavy atom. The van der Waals surface area contributed by atoms with Gasteiger partial charge in [-0.2, -0.15) is 0 Å². The van der Waals surface area contributed by atoms with Crippen molar-refractivity contribution in [3.05, 3.63) is 0 Å². The summed E-state index contributed by atoms with van der Waals surface area (Å²) in [7, 11) is 0. The van der Waals surface area contributed by atoms with Crippen LogP contribution in [0.3, 0.4) is 0 Å². The lowest BCUT2D eigenvalue weighted by atomic mass is 9.59. The minimum atomic E-state index is 0.581. The Morgan fingerprint density at radius 3 is 1.64 bits per heavy atom. The maximum absolute atomic E-state index is 3.52. The van der Waals surface area contributed by atoms with Crippen molar-refractivity contribution in [2.24, 2.45) is 100 Å². The van der Waals surface area contributed by atoms with Gasteiger partial charge in [-0.05, 0) is 216 Å². The second-order valence-electron chi connectivity index (χ2n) is 25.2. The van der Waals surface area contributed by atoms with Gasteiger partial charge in [-0.15, -0.1) is 0 Å². The second kappa shape index (κ2) is 16.3. The number of hydrogen-bond acceptors (Lipinski definition) is 1. The van der Waals surface area contributed by atoms with E-state index in [2.05, 4.69) is 18.7 Å². The Bertz CT molecular complexity index is 1300. The summed E-state index contributed by atoms with van der Waals surface area (Å²) in [6, 6.07) is 2.76. The fourth-order valence-corrected chi connectivity index (χ4v) is 20.9. The van der Waals surface area contributed by atoms with Crippen LogP contribution in [0.15, 0.2) is 0 Å². The molecule has 316 valence electrons. The molecular weight excluding hydrogens is 675 g/mol. The molecule has 1 heteroatoms. The third kappa shape index (κ3) is 7.01. The molecule has 15 unspecified atom stereocenters. The van der Waals surface area contributed by atoms with Crippen LogP contribution in [0.4, 0.5) is 0 Å². The Kier molecular flexibility index (Phi) is 11.3. The van der Waals surface area contributed by atoms with Crippen molar-refractivity contribution in [2.45, 2.75) is 244 Å². The quantitative estimate of drug-likeness (QED) is 0.260. The zero-order chi connectivity index (χ0) is 37.4. The second-order valence-corrected chi connectivity index (χ2v) is 25.2. The van der Waals surface area contributed by atoms with E-state index < -0.39 is 0 Å². The van der Waals surface area contributed by atoms with Crippen LogP contribution < -0.4 is 0 Å². The van der Waals surface area contributed by atoms with Crippen molar-refractivity contribution in [3.8, 4) is 0 Å². The Labute approximate surface area is 347 Å². The molecule has 11 aliphatic carbocycles. The Hall–Kier alpha value is -0.0400. The summed E-state index contributed by atoms with van der Waals surface area (Å²) >= 11 is 0. The molecule has 11 saturated carbocycles. The fourth-order valence-electron chi connectivity index (χ4n) is 20.9. The van der Waals surface area contributed by atoms with Crippen LogP contribution in [-0.4, -0.2) is 23.0 Å². The van der Waals surface area contributed by atoms with Crippen LogP contribution in [0.25, 0.3) is 0 Å². The minimum absolute atomic E-state index is 0.581. The predicted octanol–water partition coefficient (Wildman–Crippen LogP) is 15.3. The maximum Gasteiger partial charge on any atom is 0.0132 e. The van der Waals surface area contributed by atoms with E-state index in [0.29, 0.717) is 5.41 Å². The van der Waals surface area contributed by atoms with Gasteiger partial charge in [-0.3, -0.25) is 4.90 Å². The average molecular weight is 766 g/mol. The smallest absolute Gasteiger partial charge is 0.0132 e. The summed E-state index contributed by atoms with van der Waals surface area (Å²) in [6.45, 7) is 5.58. The van der Waals surface area contributed by atoms with Gasteiger partial charge in [-0.1, -0.05) is 110 Å². The molecule has 56 heavy (non-hydrogen) atoms. The number of rotatable bonds is 6. The van der Waals surface area contributed by atoms with Crippen LogP contribution >= 0.6 is 0 Å². The van der Waals surface area contributed by atoms with E-state index >= 15 is 0 Å². The van der Waals surface area contributed by atoms with E-state index in [1.54, 1.807) is 173 Å². The topological polar surface area (TPSA) is 3.24 Å². The van der Waals surface area contributed by atoms with Gasteiger partial charge in [0, 0.05) is 18.1 Å². The molecule has 0 aromatic carbocycles. The average Bonchev–Trinajstić information content (AvgIpc) is 3.93. The molecule has 0 aromatic heterocycles. The number of hydrogen-bond donors (Lipinski definition) is 0. The molecule has 0 heterocycles. The molecule has 0 saturated heterocycles. The number of fused-ring (bicyclic) bond motifs is 7. The standard InChI is InChI=1S/C55H91N/c1-55(2)51-21-10-9-18-47(51)48-30-29-45(35-52(48)55)56(44-27-25-38(26-28-44)36-13-5-3-6-14-36)53-22-12-20-49-50(53)34-41-17-11-19-46(54(41)49)40-24-23-39-31-42(33-43(39)32-40)37-15-7-4-8-16-37/h36-54H,3-35H2,1-2H3. The first kappa shape index (κ1) is 38.9. The van der Waals surface area contributed by atoms with Crippen molar-refractivity contribution in [2.75, 3.05) is 0 Å². The first-order valence-corrected chi connectivity index (χ1v) is 27.3. The van der Waals surface area contributed by atoms with Crippen molar-refractivity contribution in [1.29, 1.82) is 0 Å². The van der Waals surface area contributed by atoms with Gasteiger partial charge in [0.15, 0.2) is 0 Å². The molecule has 0 aliphatic heterocycles.